The van der Waals surface area contributed by atoms with E-state index in [9.17, 15) is 0 Å². The molecule has 0 fully saturated rings. The molecular formula is C8H6N2O3. The Labute approximate surface area is 73.3 Å². The summed E-state index contributed by atoms with van der Waals surface area (Å²) in [7, 11) is 0. The van der Waals surface area contributed by atoms with Gasteiger partial charge in [0.1, 0.15) is 0 Å². The molecule has 0 saturated heterocycles. The minimum Gasteiger partial charge on any atom is -0.493 e. The summed E-state index contributed by atoms with van der Waals surface area (Å²) in [5.41, 5.74) is 0. The van der Waals surface area contributed by atoms with Crippen LogP contribution in [0.15, 0.2) is 28.9 Å². The van der Waals surface area contributed by atoms with Gasteiger partial charge in [-0.15, -0.1) is 0 Å². The molecule has 0 spiro atoms. The summed E-state index contributed by atoms with van der Waals surface area (Å²) in [6.07, 6.45) is 1.46. The Balaban J connectivity index is 2.53. The van der Waals surface area contributed by atoms with Crippen molar-refractivity contribution in [3.05, 3.63) is 24.5 Å². The molecule has 0 aromatic carbocycles. The van der Waals surface area contributed by atoms with Crippen LogP contribution in [0, 0.1) is 0 Å². The van der Waals surface area contributed by atoms with Crippen molar-refractivity contribution < 1.29 is 14.6 Å². The predicted octanol–water partition coefficient (Wildman–Crippen LogP) is 1.15. The van der Waals surface area contributed by atoms with Gasteiger partial charge in [-0.3, -0.25) is 0 Å². The molecule has 0 saturated carbocycles. The van der Waals surface area contributed by atoms with Crippen LogP contribution < -0.4 is 0 Å². The highest BCUT2D eigenvalue weighted by Crippen LogP contribution is 2.20. The lowest BCUT2D eigenvalue weighted by Gasteiger charge is -1.96. The molecule has 5 heteroatoms. The lowest BCUT2D eigenvalue weighted by atomic mass is 10.4. The number of hydrogen-bond acceptors (Lipinski definition) is 5. The maximum absolute atomic E-state index is 9.04. The van der Waals surface area contributed by atoms with Crippen molar-refractivity contribution in [2.75, 3.05) is 0 Å². The lowest BCUT2D eigenvalue weighted by Crippen LogP contribution is -1.86. The largest absolute Gasteiger partial charge is 0.493 e. The first-order chi connectivity index (χ1) is 6.25. The Hall–Kier alpha value is -2.04. The van der Waals surface area contributed by atoms with Crippen molar-refractivity contribution >= 4 is 0 Å². The number of nitrogens with zero attached hydrogens (tertiary/aromatic N) is 2. The van der Waals surface area contributed by atoms with Crippen LogP contribution in [0.5, 0.6) is 11.8 Å². The first kappa shape index (κ1) is 7.60. The summed E-state index contributed by atoms with van der Waals surface area (Å²) in [5.74, 6) is -0.0356. The van der Waals surface area contributed by atoms with E-state index in [2.05, 4.69) is 9.97 Å². The highest BCUT2D eigenvalue weighted by molar-refractivity contribution is 5.47. The number of furan rings is 1. The summed E-state index contributed by atoms with van der Waals surface area (Å²) < 4.78 is 4.98. The molecule has 2 heterocycles. The average molecular weight is 178 g/mol. The zero-order chi connectivity index (χ0) is 9.26. The zero-order valence-corrected chi connectivity index (χ0v) is 6.51. The van der Waals surface area contributed by atoms with Crippen molar-refractivity contribution in [2.45, 2.75) is 0 Å². The lowest BCUT2D eigenvalue weighted by molar-refractivity contribution is 0.421. The third-order valence-corrected chi connectivity index (χ3v) is 1.44. The number of rotatable bonds is 1. The minimum atomic E-state index is -0.293. The Morgan fingerprint density at radius 3 is 2.38 bits per heavy atom. The normalized spacial score (nSPS) is 10.2. The van der Waals surface area contributed by atoms with Gasteiger partial charge in [-0.1, -0.05) is 0 Å². The van der Waals surface area contributed by atoms with E-state index in [0.717, 1.165) is 6.07 Å². The molecule has 5 nitrogen and oxygen atoms in total. The summed E-state index contributed by atoms with van der Waals surface area (Å²) >= 11 is 0. The van der Waals surface area contributed by atoms with Crippen LogP contribution in [0.1, 0.15) is 0 Å². The van der Waals surface area contributed by atoms with Crippen LogP contribution in [0.4, 0.5) is 0 Å². The van der Waals surface area contributed by atoms with E-state index in [0.29, 0.717) is 5.76 Å². The molecule has 2 aromatic heterocycles. The van der Waals surface area contributed by atoms with Gasteiger partial charge in [-0.2, -0.15) is 9.97 Å². The van der Waals surface area contributed by atoms with Gasteiger partial charge < -0.3 is 14.6 Å². The van der Waals surface area contributed by atoms with E-state index in [1.54, 1.807) is 12.1 Å². The van der Waals surface area contributed by atoms with Gasteiger partial charge in [0.05, 0.1) is 12.3 Å². The Bertz CT molecular complexity index is 391. The Morgan fingerprint density at radius 1 is 1.15 bits per heavy atom. The van der Waals surface area contributed by atoms with Crippen molar-refractivity contribution in [3.63, 3.8) is 0 Å². The monoisotopic (exact) mass is 178 g/mol. The number of hydrogen-bond donors (Lipinski definition) is 2. The molecule has 0 aliphatic heterocycles. The third kappa shape index (κ3) is 1.44. The maximum Gasteiger partial charge on any atom is 0.218 e. The van der Waals surface area contributed by atoms with Gasteiger partial charge in [0.2, 0.25) is 17.6 Å². The highest BCUT2D eigenvalue weighted by Gasteiger charge is 2.07. The molecule has 13 heavy (non-hydrogen) atoms. The van der Waals surface area contributed by atoms with Gasteiger partial charge in [0, 0.05) is 0 Å². The van der Waals surface area contributed by atoms with Crippen LogP contribution in [-0.2, 0) is 0 Å². The SMILES string of the molecule is Oc1cc(O)nc(-c2ccco2)n1. The van der Waals surface area contributed by atoms with E-state index in [1.807, 2.05) is 0 Å². The fraction of sp³-hybridized carbons (Fsp3) is 0. The van der Waals surface area contributed by atoms with E-state index >= 15 is 0 Å². The quantitative estimate of drug-likeness (QED) is 0.684. The van der Waals surface area contributed by atoms with Crippen molar-refractivity contribution in [1.82, 2.24) is 9.97 Å². The van der Waals surface area contributed by atoms with E-state index in [-0.39, 0.29) is 17.6 Å². The summed E-state index contributed by atoms with van der Waals surface area (Å²) in [6, 6.07) is 4.35. The molecule has 66 valence electrons. The number of aromatic hydroxyl groups is 2. The third-order valence-electron chi connectivity index (χ3n) is 1.44. The molecule has 0 aliphatic carbocycles. The molecule has 0 bridgehead atoms. The Morgan fingerprint density at radius 2 is 1.85 bits per heavy atom. The Kier molecular flexibility index (Phi) is 1.63. The second-order valence-corrected chi connectivity index (χ2v) is 2.39. The molecule has 0 atom stereocenters. The first-order valence-electron chi connectivity index (χ1n) is 3.56. The average Bonchev–Trinajstić information content (AvgIpc) is 2.53. The molecule has 0 unspecified atom stereocenters. The van der Waals surface area contributed by atoms with Crippen LogP contribution in [0.3, 0.4) is 0 Å². The molecular weight excluding hydrogens is 172 g/mol. The topological polar surface area (TPSA) is 79.4 Å². The van der Waals surface area contributed by atoms with Crippen LogP contribution in [0.25, 0.3) is 11.6 Å². The van der Waals surface area contributed by atoms with Gasteiger partial charge in [-0.05, 0) is 12.1 Å². The second-order valence-electron chi connectivity index (χ2n) is 2.39. The minimum absolute atomic E-state index is 0.155. The summed E-state index contributed by atoms with van der Waals surface area (Å²) in [6.45, 7) is 0. The molecule has 0 radical (unpaired) electrons. The standard InChI is InChI=1S/C8H6N2O3/c11-6-4-7(12)10-8(9-6)5-2-1-3-13-5/h1-4H,(H2,9,10,11,12). The molecule has 0 amide bonds. The van der Waals surface area contributed by atoms with Crippen molar-refractivity contribution in [1.29, 1.82) is 0 Å². The smallest absolute Gasteiger partial charge is 0.218 e. The summed E-state index contributed by atoms with van der Waals surface area (Å²) in [4.78, 5) is 7.33. The van der Waals surface area contributed by atoms with E-state index in [4.69, 9.17) is 14.6 Å². The zero-order valence-electron chi connectivity index (χ0n) is 6.51. The van der Waals surface area contributed by atoms with Gasteiger partial charge >= 0.3 is 0 Å². The van der Waals surface area contributed by atoms with Crippen LogP contribution in [0.2, 0.25) is 0 Å². The fourth-order valence-electron chi connectivity index (χ4n) is 0.938. The predicted molar refractivity (Wildman–Crippen MR) is 43.1 cm³/mol. The fourth-order valence-corrected chi connectivity index (χ4v) is 0.938. The highest BCUT2D eigenvalue weighted by atomic mass is 16.3. The maximum atomic E-state index is 9.04. The number of aromatic nitrogens is 2. The molecule has 0 aliphatic rings. The molecule has 2 N–H and O–H groups in total. The van der Waals surface area contributed by atoms with E-state index < -0.39 is 0 Å². The van der Waals surface area contributed by atoms with E-state index in [1.165, 1.54) is 6.26 Å². The van der Waals surface area contributed by atoms with Gasteiger partial charge in [-0.25, -0.2) is 0 Å². The molecule has 2 rings (SSSR count). The van der Waals surface area contributed by atoms with Crippen LogP contribution in [-0.4, -0.2) is 20.2 Å². The molecule has 2 aromatic rings. The van der Waals surface area contributed by atoms with Gasteiger partial charge in [0.15, 0.2) is 5.76 Å². The second kappa shape index (κ2) is 2.78. The van der Waals surface area contributed by atoms with Crippen molar-refractivity contribution in [3.8, 4) is 23.3 Å². The van der Waals surface area contributed by atoms with Crippen molar-refractivity contribution in [2.24, 2.45) is 0 Å². The summed E-state index contributed by atoms with van der Waals surface area (Å²) in [5, 5.41) is 18.1. The first-order valence-corrected chi connectivity index (χ1v) is 3.56. The van der Waals surface area contributed by atoms with Gasteiger partial charge in [0.25, 0.3) is 0 Å². The van der Waals surface area contributed by atoms with Crippen LogP contribution >= 0.6 is 0 Å².